The minimum Gasteiger partial charge on any atom is -0.444 e. The molecule has 266 valence electrons. The Morgan fingerprint density at radius 3 is 2.50 bits per heavy atom. The summed E-state index contributed by atoms with van der Waals surface area (Å²) in [6.45, 7) is 8.24. The van der Waals surface area contributed by atoms with Crippen LogP contribution in [0.3, 0.4) is 0 Å². The van der Waals surface area contributed by atoms with Crippen LogP contribution in [0, 0.1) is 12.7 Å². The van der Waals surface area contributed by atoms with Crippen molar-refractivity contribution in [3.63, 3.8) is 0 Å². The maximum absolute atomic E-state index is 15.5. The molecule has 1 aliphatic carbocycles. The molecule has 3 heterocycles. The summed E-state index contributed by atoms with van der Waals surface area (Å²) in [5, 5.41) is 3.73. The lowest BCUT2D eigenvalue weighted by molar-refractivity contribution is -0.0898. The number of anilines is 2. The zero-order valence-corrected chi connectivity index (χ0v) is 29.2. The molecular weight excluding hydrogens is 673 g/mol. The van der Waals surface area contributed by atoms with Gasteiger partial charge in [0, 0.05) is 48.7 Å². The van der Waals surface area contributed by atoms with Crippen LogP contribution in [0.25, 0.3) is 22.0 Å². The van der Waals surface area contributed by atoms with Crippen LogP contribution < -0.4 is 14.4 Å². The zero-order valence-electron chi connectivity index (χ0n) is 28.4. The van der Waals surface area contributed by atoms with Crippen LogP contribution in [0.15, 0.2) is 54.9 Å². The van der Waals surface area contributed by atoms with E-state index in [9.17, 15) is 22.0 Å². The molecule has 1 N–H and O–H groups in total. The molecule has 2 aliphatic rings. The molecule has 6 rings (SSSR count). The quantitative estimate of drug-likeness (QED) is 0.200. The van der Waals surface area contributed by atoms with E-state index < -0.39 is 45.5 Å². The molecule has 2 aromatic carbocycles. The number of piperidine rings is 1. The van der Waals surface area contributed by atoms with Crippen molar-refractivity contribution in [2.75, 3.05) is 29.0 Å². The molecular formula is C35H39F3N6O5S. The highest BCUT2D eigenvalue weighted by Crippen LogP contribution is 2.47. The third-order valence-electron chi connectivity index (χ3n) is 8.68. The number of benzene rings is 2. The second-order valence-corrected chi connectivity index (χ2v) is 15.6. The van der Waals surface area contributed by atoms with E-state index in [0.717, 1.165) is 25.2 Å². The molecule has 15 heteroatoms. The molecule has 1 aliphatic heterocycles. The number of hydrogen-bond donors (Lipinski definition) is 1. The van der Waals surface area contributed by atoms with E-state index in [0.29, 0.717) is 45.6 Å². The number of amides is 1. The molecule has 2 fully saturated rings. The number of fused-ring (bicyclic) bond motifs is 1. The fraction of sp³-hybridized carbons (Fsp3) is 0.429. The Morgan fingerprint density at radius 2 is 1.82 bits per heavy atom. The molecule has 4 aromatic rings. The number of carbonyl (C=O) groups is 1. The number of nitrogens with zero attached hydrogens (tertiary/aromatic N) is 5. The van der Waals surface area contributed by atoms with Crippen molar-refractivity contribution >= 4 is 38.5 Å². The summed E-state index contributed by atoms with van der Waals surface area (Å²) in [6.07, 6.45) is 4.51. The molecule has 0 radical (unpaired) electrons. The average Bonchev–Trinajstić information content (AvgIpc) is 3.04. The fourth-order valence-electron chi connectivity index (χ4n) is 6.25. The van der Waals surface area contributed by atoms with Crippen LogP contribution in [0.4, 0.5) is 29.6 Å². The van der Waals surface area contributed by atoms with Crippen LogP contribution in [0.1, 0.15) is 52.0 Å². The monoisotopic (exact) mass is 712 g/mol. The Bertz CT molecular complexity index is 2040. The van der Waals surface area contributed by atoms with E-state index in [2.05, 4.69) is 15.3 Å². The van der Waals surface area contributed by atoms with Crippen molar-refractivity contribution < 1.29 is 35.9 Å². The highest BCUT2D eigenvalue weighted by molar-refractivity contribution is 7.92. The molecule has 2 aromatic heterocycles. The summed E-state index contributed by atoms with van der Waals surface area (Å²) < 4.78 is 82.9. The number of likely N-dealkylation sites (tertiary alicyclic amines) is 1. The Morgan fingerprint density at radius 1 is 1.06 bits per heavy atom. The third-order valence-corrected chi connectivity index (χ3v) is 9.83. The van der Waals surface area contributed by atoms with Crippen LogP contribution >= 0.6 is 0 Å². The number of nitrogens with one attached hydrogen (secondary N) is 1. The van der Waals surface area contributed by atoms with Gasteiger partial charge in [-0.15, -0.1) is 0 Å². The number of sulfonamides is 1. The lowest BCUT2D eigenvalue weighted by Crippen LogP contribution is -2.57. The van der Waals surface area contributed by atoms with Crippen LogP contribution in [0.2, 0.25) is 0 Å². The second-order valence-electron chi connectivity index (χ2n) is 13.7. The van der Waals surface area contributed by atoms with Gasteiger partial charge in [-0.2, -0.15) is 0 Å². The van der Waals surface area contributed by atoms with Gasteiger partial charge in [-0.25, -0.2) is 41.3 Å². The van der Waals surface area contributed by atoms with E-state index in [-0.39, 0.29) is 35.6 Å². The highest BCUT2D eigenvalue weighted by Gasteiger charge is 2.54. The summed E-state index contributed by atoms with van der Waals surface area (Å²) >= 11 is 0. The van der Waals surface area contributed by atoms with Gasteiger partial charge in [-0.1, -0.05) is 12.1 Å². The summed E-state index contributed by atoms with van der Waals surface area (Å²) in [7, 11) is -4.30. The van der Waals surface area contributed by atoms with Crippen molar-refractivity contribution in [2.24, 2.45) is 0 Å². The van der Waals surface area contributed by atoms with Gasteiger partial charge < -0.3 is 19.7 Å². The van der Waals surface area contributed by atoms with E-state index in [4.69, 9.17) is 14.5 Å². The molecule has 1 unspecified atom stereocenters. The van der Waals surface area contributed by atoms with Crippen molar-refractivity contribution in [1.82, 2.24) is 19.9 Å². The third kappa shape index (κ3) is 7.28. The summed E-state index contributed by atoms with van der Waals surface area (Å²) in [5.41, 5.74) is 0.530. The number of carbonyl (C=O) groups excluding carboxylic acids is 1. The first kappa shape index (κ1) is 35.2. The number of aryl methyl sites for hydroxylation is 1. The van der Waals surface area contributed by atoms with Crippen LogP contribution in [0.5, 0.6) is 11.6 Å². The maximum atomic E-state index is 15.5. The number of ether oxygens (including phenoxy) is 2. The van der Waals surface area contributed by atoms with E-state index in [1.807, 2.05) is 20.8 Å². The highest BCUT2D eigenvalue weighted by atomic mass is 32.2. The zero-order chi connectivity index (χ0) is 36.0. The first-order valence-electron chi connectivity index (χ1n) is 16.3. The summed E-state index contributed by atoms with van der Waals surface area (Å²) in [5.74, 6) is -3.52. The van der Waals surface area contributed by atoms with Crippen molar-refractivity contribution in [3.8, 4) is 22.9 Å². The Hall–Kier alpha value is -4.66. The molecule has 2 atom stereocenters. The second kappa shape index (κ2) is 13.2. The maximum Gasteiger partial charge on any atom is 0.410 e. The van der Waals surface area contributed by atoms with Gasteiger partial charge >= 0.3 is 6.09 Å². The van der Waals surface area contributed by atoms with Gasteiger partial charge in [-0.05, 0) is 82.9 Å². The smallest absolute Gasteiger partial charge is 0.410 e. The van der Waals surface area contributed by atoms with Crippen molar-refractivity contribution in [1.29, 1.82) is 0 Å². The summed E-state index contributed by atoms with van der Waals surface area (Å²) in [4.78, 5) is 27.9. The van der Waals surface area contributed by atoms with Gasteiger partial charge in [0.2, 0.25) is 21.9 Å². The number of pyridine rings is 1. The molecule has 0 spiro atoms. The minimum atomic E-state index is -4.30. The number of rotatable bonds is 8. The lowest BCUT2D eigenvalue weighted by Gasteiger charge is -2.43. The Kier molecular flexibility index (Phi) is 9.31. The average molecular weight is 713 g/mol. The first-order chi connectivity index (χ1) is 23.5. The molecule has 11 nitrogen and oxygen atoms in total. The van der Waals surface area contributed by atoms with Gasteiger partial charge in [0.25, 0.3) is 5.92 Å². The normalized spacial score (nSPS) is 19.1. The molecule has 50 heavy (non-hydrogen) atoms. The predicted molar refractivity (Wildman–Crippen MR) is 184 cm³/mol. The molecule has 1 saturated carbocycles. The predicted octanol–water partition coefficient (Wildman–Crippen LogP) is 7.31. The molecule has 1 amide bonds. The molecule has 1 saturated heterocycles. The van der Waals surface area contributed by atoms with E-state index >= 15 is 4.39 Å². The number of alkyl halides is 2. The number of halogens is 3. The SMILES string of the molecule is Cc1ccc2c(N([C@@H]3CCC3(F)F)S(C)(=O)=O)c(F)ccc2c1Oc1ncccc1-c1ccnc(NC2CCCN(C(=O)OC(C)(C)C)C2)n1. The largest absolute Gasteiger partial charge is 0.444 e. The number of hydrogen-bond acceptors (Lipinski definition) is 9. The summed E-state index contributed by atoms with van der Waals surface area (Å²) in [6, 6.07) is 8.93. The number of aromatic nitrogens is 3. The first-order valence-corrected chi connectivity index (χ1v) is 18.2. The van der Waals surface area contributed by atoms with Crippen LogP contribution in [-0.2, 0) is 14.8 Å². The minimum absolute atomic E-state index is 0.0950. The Labute approximate surface area is 288 Å². The van der Waals surface area contributed by atoms with Gasteiger partial charge in [0.15, 0.2) is 0 Å². The van der Waals surface area contributed by atoms with E-state index in [1.54, 1.807) is 42.3 Å². The van der Waals surface area contributed by atoms with Crippen molar-refractivity contribution in [2.45, 2.75) is 77.0 Å². The lowest BCUT2D eigenvalue weighted by atomic mass is 9.87. The van der Waals surface area contributed by atoms with Crippen molar-refractivity contribution in [3.05, 3.63) is 66.2 Å². The van der Waals surface area contributed by atoms with E-state index in [1.165, 1.54) is 18.3 Å². The molecule has 0 bridgehead atoms. The van der Waals surface area contributed by atoms with Crippen LogP contribution in [-0.4, -0.2) is 77.3 Å². The standard InChI is InChI=1S/C35H39F3N6O5S/c1-21-10-11-23-24(12-13-26(36)29(23)44(50(5,46)47)28-14-16-35(28,37)38)30(21)48-31-25(9-6-17-39-31)27-15-18-40-32(42-27)41-22-8-7-19-43(20-22)33(45)49-34(2,3)4/h6,9-13,15,17-18,22,28H,7-8,14,16,19-20H2,1-5H3,(H,40,41,42)/t22?,28-/m1/s1. The Balaban J connectivity index is 1.31. The topological polar surface area (TPSA) is 127 Å². The fourth-order valence-corrected chi connectivity index (χ4v) is 7.49. The van der Waals surface area contributed by atoms with Gasteiger partial charge in [-0.3, -0.25) is 4.31 Å². The van der Waals surface area contributed by atoms with Gasteiger partial charge in [0.1, 0.15) is 23.2 Å². The van der Waals surface area contributed by atoms with Gasteiger partial charge in [0.05, 0.1) is 23.2 Å².